The Morgan fingerprint density at radius 1 is 1.31 bits per heavy atom. The Labute approximate surface area is 206 Å². The highest BCUT2D eigenvalue weighted by Crippen LogP contribution is 2.28. The van der Waals surface area contributed by atoms with Crippen LogP contribution in [0, 0.1) is 5.82 Å². The molecular weight excluding hydrogens is 481 g/mol. The predicted octanol–water partition coefficient (Wildman–Crippen LogP) is 3.28. The largest absolute Gasteiger partial charge is 0.444 e. The Bertz CT molecular complexity index is 1010. The zero-order chi connectivity index (χ0) is 25.6. The molecule has 14 heteroatoms. The quantitative estimate of drug-likeness (QED) is 0.257. The molecule has 1 atom stereocenters. The van der Waals surface area contributed by atoms with Crippen LogP contribution in [0.3, 0.4) is 0 Å². The number of ether oxygens (including phenoxy) is 2. The van der Waals surface area contributed by atoms with E-state index in [1.54, 1.807) is 37.8 Å². The summed E-state index contributed by atoms with van der Waals surface area (Å²) in [6.07, 6.45) is -1.81. The third kappa shape index (κ3) is 7.30. The van der Waals surface area contributed by atoms with Crippen molar-refractivity contribution in [1.82, 2.24) is 9.62 Å². The fourth-order valence-corrected chi connectivity index (χ4v) is 4.16. The topological polar surface area (TPSA) is 140 Å². The van der Waals surface area contributed by atoms with E-state index < -0.39 is 29.7 Å². The van der Waals surface area contributed by atoms with Crippen LogP contribution in [0.2, 0.25) is 0 Å². The maximum Gasteiger partial charge on any atom is 0.417 e. The summed E-state index contributed by atoms with van der Waals surface area (Å²) in [6.45, 7) is 7.13. The van der Waals surface area contributed by atoms with Gasteiger partial charge in [-0.25, -0.2) is 14.0 Å². The fourth-order valence-electron chi connectivity index (χ4n) is 3.62. The van der Waals surface area contributed by atoms with Crippen molar-refractivity contribution in [3.05, 3.63) is 34.5 Å². The van der Waals surface area contributed by atoms with Gasteiger partial charge in [-0.05, 0) is 56.4 Å². The predicted molar refractivity (Wildman–Crippen MR) is 129 cm³/mol. The highest BCUT2D eigenvalue weighted by atomic mass is 32.2. The van der Waals surface area contributed by atoms with Gasteiger partial charge in [-0.15, -0.1) is 0 Å². The molecule has 35 heavy (non-hydrogen) atoms. The molecule has 0 saturated carbocycles. The van der Waals surface area contributed by atoms with Gasteiger partial charge >= 0.3 is 12.2 Å². The monoisotopic (exact) mass is 509 g/mol. The van der Waals surface area contributed by atoms with Crippen molar-refractivity contribution in [3.8, 4) is 0 Å². The molecule has 1 N–H and O–H groups in total. The number of azide groups is 1. The third-order valence-corrected chi connectivity index (χ3v) is 5.89. The van der Waals surface area contributed by atoms with E-state index in [0.717, 1.165) is 11.9 Å². The molecule has 12 nitrogen and oxygen atoms in total. The summed E-state index contributed by atoms with van der Waals surface area (Å²) in [6, 6.07) is 4.49. The number of amides is 3. The number of nitrogens with one attached hydrogen (secondary N) is 1. The smallest absolute Gasteiger partial charge is 0.417 e. The first-order chi connectivity index (χ1) is 16.6. The molecular formula is C21H28FN7O5S. The lowest BCUT2D eigenvalue weighted by molar-refractivity contribution is -0.128. The molecule has 2 fully saturated rings. The zero-order valence-corrected chi connectivity index (χ0v) is 20.6. The first kappa shape index (κ1) is 26.2. The summed E-state index contributed by atoms with van der Waals surface area (Å²) in [5.74, 6) is -0.565. The Balaban J connectivity index is 1.49. The van der Waals surface area contributed by atoms with Crippen LogP contribution in [0.4, 0.5) is 25.4 Å². The average Bonchev–Trinajstić information content (AvgIpc) is 3.17. The highest BCUT2D eigenvalue weighted by Gasteiger charge is 2.32. The molecule has 2 saturated heterocycles. The molecule has 1 aromatic carbocycles. The number of rotatable bonds is 7. The van der Waals surface area contributed by atoms with Crippen LogP contribution in [0.5, 0.6) is 0 Å². The molecule has 2 aliphatic rings. The van der Waals surface area contributed by atoms with Crippen LogP contribution in [0.1, 0.15) is 20.8 Å². The fraction of sp³-hybridized carbons (Fsp3) is 0.571. The van der Waals surface area contributed by atoms with E-state index in [0.29, 0.717) is 37.6 Å². The van der Waals surface area contributed by atoms with Crippen molar-refractivity contribution in [2.45, 2.75) is 32.5 Å². The summed E-state index contributed by atoms with van der Waals surface area (Å²) < 4.78 is 27.6. The summed E-state index contributed by atoms with van der Waals surface area (Å²) in [5, 5.41) is 3.41. The van der Waals surface area contributed by atoms with Gasteiger partial charge < -0.3 is 19.3 Å². The molecule has 2 aliphatic heterocycles. The van der Waals surface area contributed by atoms with E-state index in [9.17, 15) is 18.8 Å². The highest BCUT2D eigenvalue weighted by molar-refractivity contribution is 7.98. The van der Waals surface area contributed by atoms with E-state index in [1.807, 2.05) is 4.90 Å². The number of benzene rings is 1. The molecule has 1 aromatic rings. The summed E-state index contributed by atoms with van der Waals surface area (Å²) >= 11 is 0.966. The van der Waals surface area contributed by atoms with Crippen LogP contribution in [0.15, 0.2) is 23.3 Å². The molecule has 1 unspecified atom stereocenters. The van der Waals surface area contributed by atoms with Gasteiger partial charge in [0.2, 0.25) is 5.91 Å². The molecule has 3 rings (SSSR count). The number of piperazine rings is 1. The number of nitrogens with zero attached hydrogens (tertiary/aromatic N) is 6. The van der Waals surface area contributed by atoms with Crippen molar-refractivity contribution in [1.29, 1.82) is 0 Å². The van der Waals surface area contributed by atoms with Gasteiger partial charge in [-0.3, -0.25) is 14.4 Å². The van der Waals surface area contributed by atoms with Gasteiger partial charge in [0.05, 0.1) is 30.2 Å². The van der Waals surface area contributed by atoms with Crippen LogP contribution < -0.4 is 14.5 Å². The van der Waals surface area contributed by atoms with Crippen molar-refractivity contribution >= 4 is 41.4 Å². The summed E-state index contributed by atoms with van der Waals surface area (Å²) in [7, 11) is 0. The first-order valence-corrected chi connectivity index (χ1v) is 12.0. The molecule has 0 aromatic heterocycles. The molecule has 190 valence electrons. The number of anilines is 2. The lowest BCUT2D eigenvalue weighted by Gasteiger charge is -2.36. The van der Waals surface area contributed by atoms with Gasteiger partial charge in [0.25, 0.3) is 0 Å². The number of carbonyl (C=O) groups excluding carboxylic acids is 3. The second kappa shape index (κ2) is 11.4. The van der Waals surface area contributed by atoms with E-state index >= 15 is 0 Å². The Morgan fingerprint density at radius 3 is 2.66 bits per heavy atom. The van der Waals surface area contributed by atoms with Crippen LogP contribution in [-0.4, -0.2) is 79.7 Å². The van der Waals surface area contributed by atoms with E-state index in [1.165, 1.54) is 11.0 Å². The number of halogens is 1. The van der Waals surface area contributed by atoms with Crippen LogP contribution in [0.25, 0.3) is 10.4 Å². The Morgan fingerprint density at radius 2 is 2.03 bits per heavy atom. The average molecular weight is 510 g/mol. The number of hydrogen-bond acceptors (Lipinski definition) is 8. The second-order valence-electron chi connectivity index (χ2n) is 8.93. The zero-order valence-electron chi connectivity index (χ0n) is 19.8. The molecule has 3 amide bonds. The number of cyclic esters (lactones) is 1. The van der Waals surface area contributed by atoms with Crippen molar-refractivity contribution < 1.29 is 28.2 Å². The van der Waals surface area contributed by atoms with Crippen LogP contribution >= 0.6 is 11.9 Å². The molecule has 0 bridgehead atoms. The van der Waals surface area contributed by atoms with Crippen LogP contribution in [-0.2, 0) is 14.3 Å². The number of hydrogen-bond donors (Lipinski definition) is 1. The van der Waals surface area contributed by atoms with Gasteiger partial charge in [0.15, 0.2) is 0 Å². The van der Waals surface area contributed by atoms with E-state index in [2.05, 4.69) is 14.7 Å². The van der Waals surface area contributed by atoms with Gasteiger partial charge in [0, 0.05) is 31.1 Å². The van der Waals surface area contributed by atoms with Crippen molar-refractivity contribution in [3.63, 3.8) is 0 Å². The van der Waals surface area contributed by atoms with Gasteiger partial charge in [-0.2, -0.15) is 0 Å². The second-order valence-corrected chi connectivity index (χ2v) is 9.71. The van der Waals surface area contributed by atoms with Gasteiger partial charge in [-0.1, -0.05) is 5.11 Å². The minimum absolute atomic E-state index is 0.0118. The normalized spacial score (nSPS) is 18.1. The molecule has 0 radical (unpaired) electrons. The maximum absolute atomic E-state index is 14.9. The molecule has 2 heterocycles. The SMILES string of the molecule is CC(C)(C)OC(=O)NSCC(=O)N1CCN(c2ccc(N3CC(CN=[N+]=[N-])OC3=O)cc2F)CC1. The lowest BCUT2D eigenvalue weighted by atomic mass is 10.2. The maximum atomic E-state index is 14.9. The van der Waals surface area contributed by atoms with Crippen molar-refractivity contribution in [2.24, 2.45) is 5.11 Å². The standard InChI is InChI=1S/C21H28FN7O5S/c1-21(2,3)34-19(31)25-35-13-18(30)28-8-6-27(7-9-28)17-5-4-14(10-16(17)22)29-12-15(11-24-26-23)33-20(29)32/h4-5,10,15H,6-9,11-13H2,1-3H3,(H,25,31). The number of carbonyl (C=O) groups is 3. The minimum atomic E-state index is -0.624. The summed E-state index contributed by atoms with van der Waals surface area (Å²) in [4.78, 5) is 43.6. The van der Waals surface area contributed by atoms with Crippen molar-refractivity contribution in [2.75, 3.05) is 54.8 Å². The Hall–Kier alpha value is -3.38. The van der Waals surface area contributed by atoms with E-state index in [4.69, 9.17) is 15.0 Å². The minimum Gasteiger partial charge on any atom is -0.444 e. The molecule has 0 aliphatic carbocycles. The van der Waals surface area contributed by atoms with E-state index in [-0.39, 0.29) is 24.7 Å². The Kier molecular flexibility index (Phi) is 8.52. The van der Waals surface area contributed by atoms with Gasteiger partial charge in [0.1, 0.15) is 17.5 Å². The third-order valence-electron chi connectivity index (χ3n) is 5.19. The first-order valence-electron chi connectivity index (χ1n) is 11.0. The summed E-state index contributed by atoms with van der Waals surface area (Å²) in [5.41, 5.74) is 8.52. The molecule has 0 spiro atoms. The lowest BCUT2D eigenvalue weighted by Crippen LogP contribution is -2.49.